The van der Waals surface area contributed by atoms with Crippen LogP contribution in [-0.4, -0.2) is 56.7 Å². The second kappa shape index (κ2) is 5.85. The van der Waals surface area contributed by atoms with Crippen LogP contribution < -0.4 is 14.8 Å². The van der Waals surface area contributed by atoms with E-state index in [1.165, 1.54) is 18.2 Å². The maximum absolute atomic E-state index is 13.0. The van der Waals surface area contributed by atoms with Crippen molar-refractivity contribution < 1.29 is 31.5 Å². The van der Waals surface area contributed by atoms with Crippen LogP contribution in [0.3, 0.4) is 0 Å². The van der Waals surface area contributed by atoms with Crippen molar-refractivity contribution in [2.45, 2.75) is 18.8 Å². The predicted octanol–water partition coefficient (Wildman–Crippen LogP) is 1.07. The molecule has 2 aliphatic heterocycles. The van der Waals surface area contributed by atoms with E-state index in [1.54, 1.807) is 11.9 Å². The third-order valence-electron chi connectivity index (χ3n) is 3.91. The minimum atomic E-state index is -3.71. The van der Waals surface area contributed by atoms with E-state index >= 15 is 0 Å². The first-order chi connectivity index (χ1) is 11.1. The monoisotopic (exact) mass is 362 g/mol. The highest BCUT2D eigenvalue weighted by atomic mass is 32.2. The molecule has 2 aliphatic rings. The summed E-state index contributed by atoms with van der Waals surface area (Å²) in [6.45, 7) is -0.00914. The molecule has 24 heavy (non-hydrogen) atoms. The van der Waals surface area contributed by atoms with Crippen LogP contribution in [0.1, 0.15) is 6.42 Å². The molecule has 0 aliphatic carbocycles. The number of anilines is 1. The van der Waals surface area contributed by atoms with Gasteiger partial charge in [0.1, 0.15) is 0 Å². The Morgan fingerprint density at radius 2 is 2.08 bits per heavy atom. The van der Waals surface area contributed by atoms with Crippen LogP contribution in [0.15, 0.2) is 18.2 Å². The van der Waals surface area contributed by atoms with E-state index in [1.807, 2.05) is 0 Å². The van der Waals surface area contributed by atoms with Crippen LogP contribution in [0.5, 0.6) is 11.5 Å². The molecule has 132 valence electrons. The number of hydrogen-bond acceptors (Lipinski definition) is 6. The Morgan fingerprint density at radius 1 is 1.38 bits per heavy atom. The lowest BCUT2D eigenvalue weighted by Gasteiger charge is -2.22. The van der Waals surface area contributed by atoms with Crippen LogP contribution in [0.2, 0.25) is 0 Å². The first-order valence-electron chi connectivity index (χ1n) is 7.24. The summed E-state index contributed by atoms with van der Waals surface area (Å²) in [7, 11) is -1.36. The summed E-state index contributed by atoms with van der Waals surface area (Å²) in [4.78, 5) is 13.7. The van der Waals surface area contributed by atoms with Crippen molar-refractivity contribution >= 4 is 21.4 Å². The Balaban J connectivity index is 1.58. The van der Waals surface area contributed by atoms with Crippen molar-refractivity contribution in [1.29, 1.82) is 0 Å². The molecule has 7 nitrogen and oxygen atoms in total. The summed E-state index contributed by atoms with van der Waals surface area (Å²) in [6.07, 6.45) is -3.22. The van der Waals surface area contributed by atoms with Gasteiger partial charge in [0, 0.05) is 17.8 Å². The van der Waals surface area contributed by atoms with Gasteiger partial charge in [-0.1, -0.05) is 0 Å². The van der Waals surface area contributed by atoms with Crippen molar-refractivity contribution in [2.75, 3.05) is 30.4 Å². The zero-order valence-electron chi connectivity index (χ0n) is 12.8. The van der Waals surface area contributed by atoms with Crippen molar-refractivity contribution in [2.24, 2.45) is 0 Å². The van der Waals surface area contributed by atoms with E-state index < -0.39 is 16.1 Å². The second-order valence-electron chi connectivity index (χ2n) is 5.85. The van der Waals surface area contributed by atoms with Gasteiger partial charge in [0.25, 0.3) is 0 Å². The number of carbonyl (C=O) groups excluding carboxylic acids is 1. The van der Waals surface area contributed by atoms with E-state index in [9.17, 15) is 22.0 Å². The third kappa shape index (κ3) is 3.75. The maximum Gasteiger partial charge on any atom is 0.586 e. The zero-order valence-corrected chi connectivity index (χ0v) is 13.6. The predicted molar refractivity (Wildman–Crippen MR) is 81.0 cm³/mol. The molecule has 1 aromatic carbocycles. The number of nitrogens with one attached hydrogen (secondary N) is 1. The molecule has 1 atom stereocenters. The molecular formula is C14H16F2N2O5S. The van der Waals surface area contributed by atoms with E-state index in [4.69, 9.17) is 0 Å². The highest BCUT2D eigenvalue weighted by molar-refractivity contribution is 7.91. The van der Waals surface area contributed by atoms with Crippen molar-refractivity contribution in [3.8, 4) is 11.5 Å². The number of amides is 1. The summed E-state index contributed by atoms with van der Waals surface area (Å²) < 4.78 is 57.4. The fourth-order valence-corrected chi connectivity index (χ4v) is 4.51. The Kier molecular flexibility index (Phi) is 4.12. The van der Waals surface area contributed by atoms with Crippen molar-refractivity contribution in [3.05, 3.63) is 18.2 Å². The SMILES string of the molecule is CN(CC(=O)Nc1ccc2c(c1)OC(F)(F)O2)[C@@H]1CCS(=O)(=O)C1. The lowest BCUT2D eigenvalue weighted by molar-refractivity contribution is -0.286. The molecule has 10 heteroatoms. The van der Waals surface area contributed by atoms with Crippen LogP contribution in [0, 0.1) is 0 Å². The summed E-state index contributed by atoms with van der Waals surface area (Å²) in [5, 5.41) is 2.56. The van der Waals surface area contributed by atoms with Crippen molar-refractivity contribution in [1.82, 2.24) is 4.90 Å². The first kappa shape index (κ1) is 16.9. The van der Waals surface area contributed by atoms with Gasteiger partial charge in [-0.25, -0.2) is 8.42 Å². The van der Waals surface area contributed by atoms with Gasteiger partial charge in [-0.2, -0.15) is 0 Å². The van der Waals surface area contributed by atoms with E-state index in [0.717, 1.165) is 0 Å². The fourth-order valence-electron chi connectivity index (χ4n) is 2.71. The quantitative estimate of drug-likeness (QED) is 0.862. The minimum absolute atomic E-state index is 0.00914. The molecule has 0 radical (unpaired) electrons. The standard InChI is InChI=1S/C14H16F2N2O5S/c1-18(10-4-5-24(20,21)8-10)7-13(19)17-9-2-3-11-12(6-9)23-14(15,16)22-11/h2-3,6,10H,4-5,7-8H2,1H3,(H,17,19)/t10-/m1/s1. The maximum atomic E-state index is 13.0. The lowest BCUT2D eigenvalue weighted by atomic mass is 10.2. The van der Waals surface area contributed by atoms with Crippen LogP contribution in [0.4, 0.5) is 14.5 Å². The van der Waals surface area contributed by atoms with Gasteiger partial charge in [0.15, 0.2) is 21.3 Å². The average Bonchev–Trinajstić information content (AvgIpc) is 2.95. The van der Waals surface area contributed by atoms with Gasteiger partial charge in [-0.3, -0.25) is 9.69 Å². The highest BCUT2D eigenvalue weighted by Crippen LogP contribution is 2.42. The molecule has 0 saturated carbocycles. The molecule has 1 aromatic rings. The zero-order chi connectivity index (χ0) is 17.5. The number of halogens is 2. The van der Waals surface area contributed by atoms with Gasteiger partial charge in [0.05, 0.1) is 18.1 Å². The molecule has 2 heterocycles. The Morgan fingerprint density at radius 3 is 2.75 bits per heavy atom. The van der Waals surface area contributed by atoms with Gasteiger partial charge in [-0.15, -0.1) is 8.78 Å². The number of sulfone groups is 1. The molecular weight excluding hydrogens is 346 g/mol. The Labute approximate surface area is 137 Å². The number of benzene rings is 1. The van der Waals surface area contributed by atoms with Gasteiger partial charge in [-0.05, 0) is 25.6 Å². The second-order valence-corrected chi connectivity index (χ2v) is 8.08. The largest absolute Gasteiger partial charge is 0.586 e. The smallest absolute Gasteiger partial charge is 0.395 e. The van der Waals surface area contributed by atoms with Crippen LogP contribution >= 0.6 is 0 Å². The van der Waals surface area contributed by atoms with Gasteiger partial charge < -0.3 is 14.8 Å². The van der Waals surface area contributed by atoms with Gasteiger partial charge in [0.2, 0.25) is 5.91 Å². The summed E-state index contributed by atoms with van der Waals surface area (Å²) in [5.74, 6) is -0.484. The fraction of sp³-hybridized carbons (Fsp3) is 0.500. The minimum Gasteiger partial charge on any atom is -0.395 e. The summed E-state index contributed by atoms with van der Waals surface area (Å²) in [5.41, 5.74) is 0.285. The molecule has 0 aromatic heterocycles. The number of carbonyl (C=O) groups is 1. The summed E-state index contributed by atoms with van der Waals surface area (Å²) >= 11 is 0. The number of rotatable bonds is 4. The molecule has 0 unspecified atom stereocenters. The molecule has 1 amide bonds. The number of nitrogens with zero attached hydrogens (tertiary/aromatic N) is 1. The molecule has 0 spiro atoms. The normalized spacial score (nSPS) is 23.4. The van der Waals surface area contributed by atoms with Crippen LogP contribution in [0.25, 0.3) is 0 Å². The number of hydrogen-bond donors (Lipinski definition) is 1. The molecule has 1 N–H and O–H groups in total. The molecule has 1 fully saturated rings. The molecule has 3 rings (SSSR count). The third-order valence-corrected chi connectivity index (χ3v) is 5.66. The summed E-state index contributed by atoms with van der Waals surface area (Å²) in [6, 6.07) is 3.74. The Bertz CT molecular complexity index is 768. The number of ether oxygens (including phenoxy) is 2. The number of fused-ring (bicyclic) bond motifs is 1. The first-order valence-corrected chi connectivity index (χ1v) is 9.06. The topological polar surface area (TPSA) is 84.9 Å². The molecule has 0 bridgehead atoms. The average molecular weight is 362 g/mol. The van der Waals surface area contributed by atoms with E-state index in [0.29, 0.717) is 6.42 Å². The van der Waals surface area contributed by atoms with E-state index in [-0.39, 0.29) is 47.2 Å². The van der Waals surface area contributed by atoms with Crippen LogP contribution in [-0.2, 0) is 14.6 Å². The van der Waals surface area contributed by atoms with Crippen molar-refractivity contribution in [3.63, 3.8) is 0 Å². The number of likely N-dealkylation sites (N-methyl/N-ethyl adjacent to an activating group) is 1. The lowest BCUT2D eigenvalue weighted by Crippen LogP contribution is -2.38. The molecule has 1 saturated heterocycles. The Hall–Kier alpha value is -1.94. The van der Waals surface area contributed by atoms with E-state index in [2.05, 4.69) is 14.8 Å². The van der Waals surface area contributed by atoms with Gasteiger partial charge >= 0.3 is 6.29 Å². The number of alkyl halides is 2. The highest BCUT2D eigenvalue weighted by Gasteiger charge is 2.43.